The monoisotopic (exact) mass is 222 g/mol. The molecule has 2 atom stereocenters. The summed E-state index contributed by atoms with van der Waals surface area (Å²) in [6, 6.07) is 0.406. The summed E-state index contributed by atoms with van der Waals surface area (Å²) < 4.78 is 2.25. The molecule has 4 nitrogen and oxygen atoms in total. The van der Waals surface area contributed by atoms with Gasteiger partial charge in [-0.2, -0.15) is 0 Å². The molecule has 0 amide bonds. The van der Waals surface area contributed by atoms with E-state index in [9.17, 15) is 0 Å². The van der Waals surface area contributed by atoms with E-state index in [2.05, 4.69) is 33.9 Å². The van der Waals surface area contributed by atoms with E-state index in [0.717, 1.165) is 30.7 Å². The van der Waals surface area contributed by atoms with Gasteiger partial charge in [0.1, 0.15) is 11.6 Å². The van der Waals surface area contributed by atoms with Crippen molar-refractivity contribution in [2.75, 3.05) is 6.54 Å². The van der Waals surface area contributed by atoms with Crippen LogP contribution in [-0.2, 0) is 6.54 Å². The van der Waals surface area contributed by atoms with Crippen molar-refractivity contribution < 1.29 is 0 Å². The highest BCUT2D eigenvalue weighted by molar-refractivity contribution is 5.03. The Bertz CT molecular complexity index is 345. The maximum absolute atomic E-state index is 4.29. The largest absolute Gasteiger partial charge is 0.314 e. The fourth-order valence-electron chi connectivity index (χ4n) is 2.20. The van der Waals surface area contributed by atoms with E-state index in [4.69, 9.17) is 0 Å². The topological polar surface area (TPSA) is 42.7 Å². The Morgan fingerprint density at radius 3 is 3.06 bits per heavy atom. The third kappa shape index (κ3) is 2.26. The Kier molecular flexibility index (Phi) is 3.59. The van der Waals surface area contributed by atoms with Gasteiger partial charge in [-0.15, -0.1) is 10.2 Å². The average molecular weight is 222 g/mol. The molecule has 1 aromatic rings. The van der Waals surface area contributed by atoms with Gasteiger partial charge in [0, 0.05) is 6.54 Å². The van der Waals surface area contributed by atoms with Crippen LogP contribution in [0.1, 0.15) is 50.8 Å². The number of hydrogen-bond donors (Lipinski definition) is 1. The summed E-state index contributed by atoms with van der Waals surface area (Å²) in [7, 11) is 0. The molecule has 16 heavy (non-hydrogen) atoms. The Morgan fingerprint density at radius 1 is 1.50 bits per heavy atom. The second-order valence-electron chi connectivity index (χ2n) is 4.87. The van der Waals surface area contributed by atoms with Crippen molar-refractivity contribution in [3.8, 4) is 0 Å². The standard InChI is InChI=1S/C12H22N4/c1-4-9(2)8-13-11-6-5-7-16-10(3)14-15-12(11)16/h9,11,13H,4-8H2,1-3H3. The first-order valence-electron chi connectivity index (χ1n) is 6.35. The van der Waals surface area contributed by atoms with Crippen LogP contribution in [0.2, 0.25) is 0 Å². The summed E-state index contributed by atoms with van der Waals surface area (Å²) in [5.74, 6) is 2.91. The smallest absolute Gasteiger partial charge is 0.150 e. The summed E-state index contributed by atoms with van der Waals surface area (Å²) in [4.78, 5) is 0. The zero-order valence-corrected chi connectivity index (χ0v) is 10.5. The molecule has 0 saturated carbocycles. The zero-order chi connectivity index (χ0) is 11.5. The molecule has 1 N–H and O–H groups in total. The molecule has 1 aliphatic heterocycles. The number of hydrogen-bond acceptors (Lipinski definition) is 3. The Morgan fingerprint density at radius 2 is 2.31 bits per heavy atom. The van der Waals surface area contributed by atoms with Gasteiger partial charge < -0.3 is 9.88 Å². The average Bonchev–Trinajstić information content (AvgIpc) is 2.69. The minimum atomic E-state index is 0.406. The van der Waals surface area contributed by atoms with Crippen LogP contribution in [0.25, 0.3) is 0 Å². The van der Waals surface area contributed by atoms with Crippen molar-refractivity contribution in [2.45, 2.75) is 52.6 Å². The van der Waals surface area contributed by atoms with Crippen molar-refractivity contribution in [3.05, 3.63) is 11.6 Å². The van der Waals surface area contributed by atoms with Crippen LogP contribution in [-0.4, -0.2) is 21.3 Å². The number of nitrogens with one attached hydrogen (secondary N) is 1. The first-order chi connectivity index (χ1) is 7.72. The lowest BCUT2D eigenvalue weighted by Crippen LogP contribution is -2.31. The van der Waals surface area contributed by atoms with E-state index in [-0.39, 0.29) is 0 Å². The molecule has 2 unspecified atom stereocenters. The van der Waals surface area contributed by atoms with Gasteiger partial charge in [0.25, 0.3) is 0 Å². The highest BCUT2D eigenvalue weighted by Gasteiger charge is 2.23. The molecule has 0 aliphatic carbocycles. The summed E-state index contributed by atoms with van der Waals surface area (Å²) >= 11 is 0. The second-order valence-corrected chi connectivity index (χ2v) is 4.87. The first-order valence-corrected chi connectivity index (χ1v) is 6.35. The van der Waals surface area contributed by atoms with Crippen molar-refractivity contribution in [1.29, 1.82) is 0 Å². The summed E-state index contributed by atoms with van der Waals surface area (Å²) in [5.41, 5.74) is 0. The lowest BCUT2D eigenvalue weighted by Gasteiger charge is -2.25. The highest BCUT2D eigenvalue weighted by atomic mass is 15.3. The van der Waals surface area contributed by atoms with E-state index >= 15 is 0 Å². The molecule has 1 aliphatic rings. The van der Waals surface area contributed by atoms with E-state index in [1.165, 1.54) is 19.3 Å². The molecule has 0 fully saturated rings. The number of aromatic nitrogens is 3. The van der Waals surface area contributed by atoms with E-state index < -0.39 is 0 Å². The normalized spacial score (nSPS) is 21.8. The zero-order valence-electron chi connectivity index (χ0n) is 10.5. The third-order valence-electron chi connectivity index (χ3n) is 3.56. The van der Waals surface area contributed by atoms with E-state index in [1.807, 2.05) is 6.92 Å². The molecular formula is C12H22N4. The molecule has 90 valence electrons. The van der Waals surface area contributed by atoms with Crippen LogP contribution in [0, 0.1) is 12.8 Å². The maximum Gasteiger partial charge on any atom is 0.150 e. The molecule has 0 saturated heterocycles. The molecule has 1 aromatic heterocycles. The predicted octanol–water partition coefficient (Wildman–Crippen LogP) is 2.06. The van der Waals surface area contributed by atoms with Crippen molar-refractivity contribution in [3.63, 3.8) is 0 Å². The van der Waals surface area contributed by atoms with Gasteiger partial charge in [-0.1, -0.05) is 20.3 Å². The first kappa shape index (κ1) is 11.6. The van der Waals surface area contributed by atoms with Gasteiger partial charge in [-0.3, -0.25) is 0 Å². The van der Waals surface area contributed by atoms with E-state index in [1.54, 1.807) is 0 Å². The quantitative estimate of drug-likeness (QED) is 0.848. The van der Waals surface area contributed by atoms with Crippen LogP contribution in [0.4, 0.5) is 0 Å². The lowest BCUT2D eigenvalue weighted by molar-refractivity contribution is 0.358. The van der Waals surface area contributed by atoms with Crippen LogP contribution in [0.3, 0.4) is 0 Å². The van der Waals surface area contributed by atoms with Gasteiger partial charge >= 0.3 is 0 Å². The summed E-state index contributed by atoms with van der Waals surface area (Å²) in [5, 5.41) is 12.1. The summed E-state index contributed by atoms with van der Waals surface area (Å²) in [6.07, 6.45) is 3.64. The molecule has 0 aromatic carbocycles. The second kappa shape index (κ2) is 4.95. The number of nitrogens with zero attached hydrogens (tertiary/aromatic N) is 3. The molecular weight excluding hydrogens is 200 g/mol. The Balaban J connectivity index is 2.02. The summed E-state index contributed by atoms with van der Waals surface area (Å²) in [6.45, 7) is 8.71. The minimum absolute atomic E-state index is 0.406. The van der Waals surface area contributed by atoms with Crippen LogP contribution in [0.15, 0.2) is 0 Å². The fraction of sp³-hybridized carbons (Fsp3) is 0.833. The third-order valence-corrected chi connectivity index (χ3v) is 3.56. The Hall–Kier alpha value is -0.900. The lowest BCUT2D eigenvalue weighted by atomic mass is 10.0. The molecule has 0 radical (unpaired) electrons. The SMILES string of the molecule is CCC(C)CNC1CCCn2c(C)nnc21. The minimum Gasteiger partial charge on any atom is -0.314 e. The number of rotatable bonds is 4. The van der Waals surface area contributed by atoms with Gasteiger partial charge in [0.2, 0.25) is 0 Å². The maximum atomic E-state index is 4.29. The van der Waals surface area contributed by atoms with Gasteiger partial charge in [0.15, 0.2) is 0 Å². The van der Waals surface area contributed by atoms with Crippen LogP contribution < -0.4 is 5.32 Å². The Labute approximate surface area is 97.5 Å². The number of aryl methyl sites for hydroxylation is 1. The van der Waals surface area contributed by atoms with Crippen LogP contribution in [0.5, 0.6) is 0 Å². The van der Waals surface area contributed by atoms with Crippen molar-refractivity contribution in [1.82, 2.24) is 20.1 Å². The highest BCUT2D eigenvalue weighted by Crippen LogP contribution is 2.24. The van der Waals surface area contributed by atoms with E-state index in [0.29, 0.717) is 6.04 Å². The van der Waals surface area contributed by atoms with Gasteiger partial charge in [0.05, 0.1) is 6.04 Å². The predicted molar refractivity (Wildman–Crippen MR) is 64.2 cm³/mol. The molecule has 0 spiro atoms. The molecule has 2 heterocycles. The molecule has 4 heteroatoms. The molecule has 0 bridgehead atoms. The van der Waals surface area contributed by atoms with Crippen molar-refractivity contribution >= 4 is 0 Å². The van der Waals surface area contributed by atoms with Crippen molar-refractivity contribution in [2.24, 2.45) is 5.92 Å². The fourth-order valence-corrected chi connectivity index (χ4v) is 2.20. The number of fused-ring (bicyclic) bond motifs is 1. The van der Waals surface area contributed by atoms with Gasteiger partial charge in [-0.25, -0.2) is 0 Å². The molecule has 2 rings (SSSR count). The van der Waals surface area contributed by atoms with Gasteiger partial charge in [-0.05, 0) is 32.2 Å². The van der Waals surface area contributed by atoms with Crippen LogP contribution >= 0.6 is 0 Å².